The summed E-state index contributed by atoms with van der Waals surface area (Å²) >= 11 is 5.65. The molecule has 1 aromatic heterocycles. The van der Waals surface area contributed by atoms with Crippen LogP contribution in [0.1, 0.15) is 6.42 Å². The van der Waals surface area contributed by atoms with Crippen LogP contribution in [0.2, 0.25) is 5.15 Å². The van der Waals surface area contributed by atoms with Crippen molar-refractivity contribution in [1.82, 2.24) is 4.98 Å². The lowest BCUT2D eigenvalue weighted by Gasteiger charge is -2.03. The quantitative estimate of drug-likeness (QED) is 0.777. The first kappa shape index (κ1) is 10.9. The summed E-state index contributed by atoms with van der Waals surface area (Å²) in [6.07, 6.45) is 0.310. The number of carbonyl (C=O) groups is 1. The zero-order chi connectivity index (χ0) is 10.4. The number of nitrogens with zero attached hydrogens (tertiary/aromatic N) is 1. The van der Waals surface area contributed by atoms with E-state index in [1.54, 1.807) is 25.3 Å². The van der Waals surface area contributed by atoms with Crippen molar-refractivity contribution < 1.29 is 9.53 Å². The van der Waals surface area contributed by atoms with E-state index < -0.39 is 0 Å². The first-order valence-electron chi connectivity index (χ1n) is 4.13. The fraction of sp³-hybridized carbons (Fsp3) is 0.333. The maximum absolute atomic E-state index is 11.2. The van der Waals surface area contributed by atoms with Gasteiger partial charge in [0, 0.05) is 7.11 Å². The standard InChI is InChI=1S/C9H11ClN2O2/c1-14-6-5-9(13)12-8-4-2-3-7(10)11-8/h2-4H,5-6H2,1H3,(H,11,12,13). The molecule has 0 saturated heterocycles. The third kappa shape index (κ3) is 3.72. The van der Waals surface area contributed by atoms with Gasteiger partial charge in [-0.3, -0.25) is 4.79 Å². The van der Waals surface area contributed by atoms with Gasteiger partial charge in [0.1, 0.15) is 11.0 Å². The third-order valence-electron chi connectivity index (χ3n) is 1.52. The molecule has 0 bridgehead atoms. The van der Waals surface area contributed by atoms with Gasteiger partial charge in [-0.05, 0) is 12.1 Å². The van der Waals surface area contributed by atoms with Crippen molar-refractivity contribution in [2.24, 2.45) is 0 Å². The van der Waals surface area contributed by atoms with Gasteiger partial charge in [0.05, 0.1) is 13.0 Å². The minimum absolute atomic E-state index is 0.137. The lowest BCUT2D eigenvalue weighted by molar-refractivity contribution is -0.117. The van der Waals surface area contributed by atoms with E-state index in [0.717, 1.165) is 0 Å². The van der Waals surface area contributed by atoms with Gasteiger partial charge in [0.15, 0.2) is 0 Å². The van der Waals surface area contributed by atoms with Gasteiger partial charge in [-0.1, -0.05) is 17.7 Å². The highest BCUT2D eigenvalue weighted by Crippen LogP contribution is 2.09. The zero-order valence-corrected chi connectivity index (χ0v) is 8.54. The van der Waals surface area contributed by atoms with Crippen LogP contribution in [0.25, 0.3) is 0 Å². The van der Waals surface area contributed by atoms with Gasteiger partial charge in [-0.25, -0.2) is 4.98 Å². The Hall–Kier alpha value is -1.13. The van der Waals surface area contributed by atoms with Crippen LogP contribution in [0.4, 0.5) is 5.82 Å². The number of rotatable bonds is 4. The molecule has 1 aromatic rings. The molecule has 1 N–H and O–H groups in total. The molecule has 0 radical (unpaired) electrons. The fourth-order valence-corrected chi connectivity index (χ4v) is 1.04. The van der Waals surface area contributed by atoms with Crippen molar-refractivity contribution in [2.75, 3.05) is 19.0 Å². The minimum Gasteiger partial charge on any atom is -0.384 e. The molecule has 0 aromatic carbocycles. The van der Waals surface area contributed by atoms with Gasteiger partial charge in [-0.15, -0.1) is 0 Å². The number of amides is 1. The smallest absolute Gasteiger partial charge is 0.227 e. The van der Waals surface area contributed by atoms with Crippen molar-refractivity contribution >= 4 is 23.3 Å². The molecule has 0 aliphatic rings. The van der Waals surface area contributed by atoms with E-state index >= 15 is 0 Å². The van der Waals surface area contributed by atoms with E-state index in [-0.39, 0.29) is 5.91 Å². The van der Waals surface area contributed by atoms with Gasteiger partial charge in [0.2, 0.25) is 5.91 Å². The van der Waals surface area contributed by atoms with Crippen LogP contribution in [0, 0.1) is 0 Å². The van der Waals surface area contributed by atoms with E-state index in [1.807, 2.05) is 0 Å². The summed E-state index contributed by atoms with van der Waals surface area (Å²) in [6, 6.07) is 5.05. The molecule has 0 saturated carbocycles. The maximum Gasteiger partial charge on any atom is 0.227 e. The molecule has 0 unspecified atom stereocenters. The van der Waals surface area contributed by atoms with Crippen LogP contribution in [0.3, 0.4) is 0 Å². The van der Waals surface area contributed by atoms with Crippen LogP contribution in [0.5, 0.6) is 0 Å². The zero-order valence-electron chi connectivity index (χ0n) is 7.79. The topological polar surface area (TPSA) is 51.2 Å². The lowest BCUT2D eigenvalue weighted by Crippen LogP contribution is -2.14. The maximum atomic E-state index is 11.2. The molecule has 1 heterocycles. The molecule has 0 aliphatic carbocycles. The second-order valence-corrected chi connectivity index (χ2v) is 3.02. The average Bonchev–Trinajstić information content (AvgIpc) is 2.15. The van der Waals surface area contributed by atoms with Gasteiger partial charge in [0.25, 0.3) is 0 Å². The molecule has 4 nitrogen and oxygen atoms in total. The number of ether oxygens (including phenoxy) is 1. The Morgan fingerprint density at radius 3 is 3.07 bits per heavy atom. The van der Waals surface area contributed by atoms with Crippen LogP contribution >= 0.6 is 11.6 Å². The summed E-state index contributed by atoms with van der Waals surface area (Å²) < 4.78 is 4.77. The number of anilines is 1. The van der Waals surface area contributed by atoms with Crippen molar-refractivity contribution in [1.29, 1.82) is 0 Å². The van der Waals surface area contributed by atoms with Crippen molar-refractivity contribution in [3.63, 3.8) is 0 Å². The summed E-state index contributed by atoms with van der Waals surface area (Å²) in [5.74, 6) is 0.320. The summed E-state index contributed by atoms with van der Waals surface area (Å²) in [4.78, 5) is 15.1. The molecule has 0 fully saturated rings. The summed E-state index contributed by atoms with van der Waals surface area (Å²) in [6.45, 7) is 0.395. The average molecular weight is 215 g/mol. The monoisotopic (exact) mass is 214 g/mol. The molecule has 0 atom stereocenters. The number of halogens is 1. The molecular weight excluding hydrogens is 204 g/mol. The van der Waals surface area contributed by atoms with Gasteiger partial charge >= 0.3 is 0 Å². The molecule has 14 heavy (non-hydrogen) atoms. The second-order valence-electron chi connectivity index (χ2n) is 2.64. The predicted molar refractivity (Wildman–Crippen MR) is 54.4 cm³/mol. The molecule has 1 amide bonds. The van der Waals surface area contributed by atoms with Gasteiger partial charge < -0.3 is 10.1 Å². The highest BCUT2D eigenvalue weighted by molar-refractivity contribution is 6.29. The van der Waals surface area contributed by atoms with Crippen molar-refractivity contribution in [3.05, 3.63) is 23.4 Å². The third-order valence-corrected chi connectivity index (χ3v) is 1.73. The van der Waals surface area contributed by atoms with Gasteiger partial charge in [-0.2, -0.15) is 0 Å². The summed E-state index contributed by atoms with van der Waals surface area (Å²) in [5.41, 5.74) is 0. The van der Waals surface area contributed by atoms with Crippen molar-refractivity contribution in [3.8, 4) is 0 Å². The number of aromatic nitrogens is 1. The Bertz CT molecular complexity index is 317. The Balaban J connectivity index is 2.47. The molecule has 1 rings (SSSR count). The molecule has 5 heteroatoms. The highest BCUT2D eigenvalue weighted by Gasteiger charge is 2.02. The Labute approximate surface area is 87.2 Å². The Morgan fingerprint density at radius 1 is 1.64 bits per heavy atom. The second kappa shape index (κ2) is 5.57. The first-order valence-corrected chi connectivity index (χ1v) is 4.51. The van der Waals surface area contributed by atoms with E-state index in [1.165, 1.54) is 0 Å². The Kier molecular flexibility index (Phi) is 4.35. The number of nitrogens with one attached hydrogen (secondary N) is 1. The van der Waals surface area contributed by atoms with Crippen LogP contribution < -0.4 is 5.32 Å². The molecule has 0 spiro atoms. The molecule has 0 aliphatic heterocycles. The summed E-state index contributed by atoms with van der Waals surface area (Å²) in [7, 11) is 1.55. The lowest BCUT2D eigenvalue weighted by atomic mass is 10.4. The number of methoxy groups -OCH3 is 1. The number of pyridine rings is 1. The number of hydrogen-bond donors (Lipinski definition) is 1. The van der Waals surface area contributed by atoms with Crippen molar-refractivity contribution in [2.45, 2.75) is 6.42 Å². The largest absolute Gasteiger partial charge is 0.384 e. The molecular formula is C9H11ClN2O2. The van der Waals surface area contributed by atoms with E-state index in [4.69, 9.17) is 16.3 Å². The predicted octanol–water partition coefficient (Wildman–Crippen LogP) is 1.71. The SMILES string of the molecule is COCCC(=O)Nc1cccc(Cl)n1. The van der Waals surface area contributed by atoms with E-state index in [9.17, 15) is 4.79 Å². The van der Waals surface area contributed by atoms with Crippen LogP contribution in [-0.4, -0.2) is 24.6 Å². The highest BCUT2D eigenvalue weighted by atomic mass is 35.5. The molecule has 76 valence electrons. The number of carbonyl (C=O) groups excluding carboxylic acids is 1. The Morgan fingerprint density at radius 2 is 2.43 bits per heavy atom. The fourth-order valence-electron chi connectivity index (χ4n) is 0.878. The van der Waals surface area contributed by atoms with Crippen LogP contribution in [0.15, 0.2) is 18.2 Å². The minimum atomic E-state index is -0.137. The summed E-state index contributed by atoms with van der Waals surface area (Å²) in [5, 5.41) is 2.96. The van der Waals surface area contributed by atoms with Crippen LogP contribution in [-0.2, 0) is 9.53 Å². The normalized spacial score (nSPS) is 9.86. The van der Waals surface area contributed by atoms with E-state index in [2.05, 4.69) is 10.3 Å². The first-order chi connectivity index (χ1) is 6.72. The number of hydrogen-bond acceptors (Lipinski definition) is 3. The van der Waals surface area contributed by atoms with E-state index in [0.29, 0.717) is 24.0 Å².